The van der Waals surface area contributed by atoms with E-state index >= 15 is 0 Å². The van der Waals surface area contributed by atoms with E-state index in [2.05, 4.69) is 6.92 Å². The number of carbonyl (C=O) groups is 3. The predicted octanol–water partition coefficient (Wildman–Crippen LogP) is 11.5. The fraction of sp³-hybridized carbons (Fsp3) is 0.892. The van der Waals surface area contributed by atoms with Crippen LogP contribution in [0.25, 0.3) is 0 Å². The number of rotatable bonds is 35. The maximum absolute atomic E-state index is 11.4. The molecule has 0 aliphatic carbocycles. The molecule has 0 heterocycles. The summed E-state index contributed by atoms with van der Waals surface area (Å²) in [5, 5.41) is 0. The van der Waals surface area contributed by atoms with Crippen LogP contribution in [0.1, 0.15) is 212 Å². The van der Waals surface area contributed by atoms with Crippen molar-refractivity contribution in [3.05, 3.63) is 0 Å². The minimum absolute atomic E-state index is 0.135. The minimum Gasteiger partial charge on any atom is -0.363 e. The molecule has 0 fully saturated rings. The van der Waals surface area contributed by atoms with Crippen molar-refractivity contribution in [3.63, 3.8) is 0 Å². The molecule has 5 heteroatoms. The van der Waals surface area contributed by atoms with E-state index < -0.39 is 17.5 Å². The zero-order chi connectivity index (χ0) is 30.9. The lowest BCUT2D eigenvalue weighted by Gasteiger charge is -2.05. The Morgan fingerprint density at radius 3 is 0.905 bits per heavy atom. The molecule has 0 aromatic heterocycles. The number of hydrogen-bond acceptors (Lipinski definition) is 4. The third-order valence-electron chi connectivity index (χ3n) is 8.65. The van der Waals surface area contributed by atoms with Crippen molar-refractivity contribution < 1.29 is 14.4 Å². The molecule has 0 aromatic carbocycles. The molecule has 2 N–H and O–H groups in total. The van der Waals surface area contributed by atoms with Gasteiger partial charge in [0.1, 0.15) is 0 Å². The second-order valence-electron chi connectivity index (χ2n) is 12.8. The Kier molecular flexibility index (Phi) is 31.9. The Morgan fingerprint density at radius 1 is 0.405 bits per heavy atom. The summed E-state index contributed by atoms with van der Waals surface area (Å²) in [6.07, 6.45) is 41.0. The molecule has 0 aromatic rings. The van der Waals surface area contributed by atoms with Crippen LogP contribution in [0.15, 0.2) is 0 Å². The van der Waals surface area contributed by atoms with Gasteiger partial charge in [-0.2, -0.15) is 0 Å². The number of ketones is 2. The van der Waals surface area contributed by atoms with Crippen LogP contribution < -0.4 is 5.73 Å². The molecule has 0 spiro atoms. The van der Waals surface area contributed by atoms with Gasteiger partial charge in [-0.15, -0.1) is 0 Å². The lowest BCUT2D eigenvalue weighted by atomic mass is 10.0. The summed E-state index contributed by atoms with van der Waals surface area (Å²) >= 11 is 5.59. The van der Waals surface area contributed by atoms with Gasteiger partial charge in [0.15, 0.2) is 0 Å². The van der Waals surface area contributed by atoms with Crippen LogP contribution in [0, 0.1) is 0 Å². The van der Waals surface area contributed by atoms with Crippen LogP contribution in [-0.2, 0) is 14.4 Å². The smallest absolute Gasteiger partial charge is 0.292 e. The first-order valence-corrected chi connectivity index (χ1v) is 18.8. The molecule has 1 amide bonds. The fourth-order valence-corrected chi connectivity index (χ4v) is 6.09. The maximum atomic E-state index is 11.4. The maximum Gasteiger partial charge on any atom is 0.292 e. The first-order chi connectivity index (χ1) is 20.5. The number of nitrogens with two attached hydrogens (primary N) is 1. The molecular formula is C37H69NO3S. The van der Waals surface area contributed by atoms with Gasteiger partial charge in [-0.3, -0.25) is 14.4 Å². The average molecular weight is 608 g/mol. The van der Waals surface area contributed by atoms with Crippen molar-refractivity contribution in [1.29, 1.82) is 0 Å². The van der Waals surface area contributed by atoms with E-state index in [1.807, 2.05) is 0 Å². The monoisotopic (exact) mass is 607 g/mol. The number of carbonyl (C=O) groups excluding carboxylic acids is 3. The Balaban J connectivity index is 3.22. The van der Waals surface area contributed by atoms with Crippen LogP contribution in [0.4, 0.5) is 0 Å². The summed E-state index contributed by atoms with van der Waals surface area (Å²) in [5.74, 6) is -2.86. The van der Waals surface area contributed by atoms with Gasteiger partial charge in [0.05, 0.1) is 0 Å². The van der Waals surface area contributed by atoms with E-state index in [0.29, 0.717) is 6.42 Å². The standard InChI is InChI=1S/C37H69NO3S/c1-2-3-4-5-6-7-8-9-10-11-12-13-14-15-16-17-18-19-20-22-25-28-31-34(42)32-29-26-23-21-24-27-30-33-35(39)36(40)37(38)41/h2-33H2,1H3,(H2,38,41). The largest absolute Gasteiger partial charge is 0.363 e. The van der Waals surface area contributed by atoms with Crippen molar-refractivity contribution >= 4 is 34.6 Å². The fourth-order valence-electron chi connectivity index (χ4n) is 5.80. The summed E-state index contributed by atoms with van der Waals surface area (Å²) in [5.41, 5.74) is 4.84. The van der Waals surface area contributed by atoms with Crippen LogP contribution >= 0.6 is 12.2 Å². The molecule has 0 radical (unpaired) electrons. The number of hydrogen-bond donors (Lipinski definition) is 1. The van der Waals surface area contributed by atoms with Crippen LogP contribution in [0.3, 0.4) is 0 Å². The van der Waals surface area contributed by atoms with Gasteiger partial charge >= 0.3 is 0 Å². The van der Waals surface area contributed by atoms with Gasteiger partial charge in [-0.1, -0.05) is 186 Å². The van der Waals surface area contributed by atoms with Gasteiger partial charge in [0.25, 0.3) is 11.7 Å². The topological polar surface area (TPSA) is 77.2 Å². The lowest BCUT2D eigenvalue weighted by Crippen LogP contribution is -2.30. The summed E-state index contributed by atoms with van der Waals surface area (Å²) in [6.45, 7) is 2.29. The summed E-state index contributed by atoms with van der Waals surface area (Å²) in [7, 11) is 0. The number of Topliss-reactive ketones (excluding diaryl/α,β-unsaturated/α-hetero) is 2. The van der Waals surface area contributed by atoms with Gasteiger partial charge in [-0.25, -0.2) is 0 Å². The van der Waals surface area contributed by atoms with Gasteiger partial charge in [0, 0.05) is 6.42 Å². The molecule has 42 heavy (non-hydrogen) atoms. The van der Waals surface area contributed by atoms with Gasteiger partial charge in [0.2, 0.25) is 5.78 Å². The van der Waals surface area contributed by atoms with Crippen molar-refractivity contribution in [1.82, 2.24) is 0 Å². The first kappa shape index (κ1) is 40.9. The highest BCUT2D eigenvalue weighted by Crippen LogP contribution is 2.16. The normalized spacial score (nSPS) is 11.2. The van der Waals surface area contributed by atoms with E-state index in [4.69, 9.17) is 18.0 Å². The molecule has 0 aliphatic rings. The Hall–Kier alpha value is -1.10. The Bertz CT molecular complexity index is 663. The second-order valence-corrected chi connectivity index (χ2v) is 13.4. The zero-order valence-electron chi connectivity index (χ0n) is 27.8. The minimum atomic E-state index is -1.14. The summed E-state index contributed by atoms with van der Waals surface area (Å²) in [6, 6.07) is 0. The van der Waals surface area contributed by atoms with E-state index in [-0.39, 0.29) is 6.42 Å². The molecule has 0 unspecified atom stereocenters. The number of thiocarbonyl (C=S) groups is 1. The highest BCUT2D eigenvalue weighted by molar-refractivity contribution is 7.80. The lowest BCUT2D eigenvalue weighted by molar-refractivity contribution is -0.143. The molecule has 0 atom stereocenters. The second kappa shape index (κ2) is 32.8. The van der Waals surface area contributed by atoms with Crippen LogP contribution in [0.5, 0.6) is 0 Å². The van der Waals surface area contributed by atoms with E-state index in [1.165, 1.54) is 165 Å². The highest BCUT2D eigenvalue weighted by Gasteiger charge is 2.18. The highest BCUT2D eigenvalue weighted by atomic mass is 32.1. The molecule has 0 bridgehead atoms. The molecule has 0 rings (SSSR count). The number of amides is 1. The van der Waals surface area contributed by atoms with Crippen molar-refractivity contribution in [2.24, 2.45) is 5.73 Å². The average Bonchev–Trinajstić information content (AvgIpc) is 2.98. The van der Waals surface area contributed by atoms with Gasteiger partial charge in [-0.05, 0) is 37.0 Å². The third kappa shape index (κ3) is 30.4. The molecule has 0 saturated heterocycles. The third-order valence-corrected chi connectivity index (χ3v) is 9.05. The van der Waals surface area contributed by atoms with Crippen molar-refractivity contribution in [2.75, 3.05) is 0 Å². The summed E-state index contributed by atoms with van der Waals surface area (Å²) in [4.78, 5) is 34.5. The van der Waals surface area contributed by atoms with E-state index in [1.54, 1.807) is 0 Å². The van der Waals surface area contributed by atoms with Gasteiger partial charge < -0.3 is 5.73 Å². The molecule has 0 saturated carbocycles. The number of primary amides is 1. The quantitative estimate of drug-likeness (QED) is 0.0336. The zero-order valence-corrected chi connectivity index (χ0v) is 28.7. The molecule has 246 valence electrons. The first-order valence-electron chi connectivity index (χ1n) is 18.4. The predicted molar refractivity (Wildman–Crippen MR) is 185 cm³/mol. The molecule has 0 aliphatic heterocycles. The van der Waals surface area contributed by atoms with Crippen LogP contribution in [-0.4, -0.2) is 22.3 Å². The molecule has 4 nitrogen and oxygen atoms in total. The van der Waals surface area contributed by atoms with Crippen molar-refractivity contribution in [2.45, 2.75) is 212 Å². The Labute approximate surface area is 266 Å². The number of unbranched alkanes of at least 4 members (excludes halogenated alkanes) is 27. The SMILES string of the molecule is CCCCCCCCCCCCCCCCCCCCCCCCC(=S)CCCCCCCCCC(=O)C(=O)C(N)=O. The Morgan fingerprint density at radius 2 is 0.643 bits per heavy atom. The summed E-state index contributed by atoms with van der Waals surface area (Å²) < 4.78 is 0. The van der Waals surface area contributed by atoms with E-state index in [0.717, 1.165) is 32.1 Å². The van der Waals surface area contributed by atoms with E-state index in [9.17, 15) is 14.4 Å². The molecular weight excluding hydrogens is 538 g/mol. The van der Waals surface area contributed by atoms with Crippen molar-refractivity contribution in [3.8, 4) is 0 Å². The van der Waals surface area contributed by atoms with Crippen LogP contribution in [0.2, 0.25) is 0 Å².